The van der Waals surface area contributed by atoms with Gasteiger partial charge in [-0.25, -0.2) is 0 Å². The van der Waals surface area contributed by atoms with Crippen LogP contribution in [0.4, 0.5) is 0 Å². The number of carbonyl (C=O) groups excluding carboxylic acids is 1. The van der Waals surface area contributed by atoms with Crippen molar-refractivity contribution in [1.82, 2.24) is 5.32 Å². The fraction of sp³-hybridized carbons (Fsp3) is 0.700. The molecule has 1 atom stereocenters. The zero-order valence-electron chi connectivity index (χ0n) is 8.12. The number of hydrogen-bond acceptors (Lipinski definition) is 2. The van der Waals surface area contributed by atoms with Gasteiger partial charge in [-0.05, 0) is 26.2 Å². The zero-order valence-corrected chi connectivity index (χ0v) is 8.12. The van der Waals surface area contributed by atoms with Crippen molar-refractivity contribution in [3.05, 3.63) is 12.2 Å². The van der Waals surface area contributed by atoms with Crippen LogP contribution in [0.1, 0.15) is 26.2 Å². The molecule has 0 aromatic rings. The van der Waals surface area contributed by atoms with Gasteiger partial charge in [0.2, 0.25) is 5.91 Å². The van der Waals surface area contributed by atoms with Crippen LogP contribution in [0.15, 0.2) is 12.2 Å². The molecule has 3 nitrogen and oxygen atoms in total. The predicted molar refractivity (Wildman–Crippen MR) is 53.1 cm³/mol. The summed E-state index contributed by atoms with van der Waals surface area (Å²) < 4.78 is 0. The Kier molecular flexibility index (Phi) is 3.96. The van der Waals surface area contributed by atoms with Crippen LogP contribution in [-0.2, 0) is 4.79 Å². The molecule has 3 heteroatoms. The molecule has 0 aliphatic heterocycles. The lowest BCUT2D eigenvalue weighted by atomic mass is 10.1. The summed E-state index contributed by atoms with van der Waals surface area (Å²) in [5.41, 5.74) is 5.57. The SMILES string of the molecule is CC(N)CCNC(=O)C1CC=CC1. The third-order valence-corrected chi connectivity index (χ3v) is 2.28. The summed E-state index contributed by atoms with van der Waals surface area (Å²) in [5, 5.41) is 2.90. The van der Waals surface area contributed by atoms with Crippen LogP contribution in [0.2, 0.25) is 0 Å². The number of allylic oxidation sites excluding steroid dienone is 2. The van der Waals surface area contributed by atoms with E-state index >= 15 is 0 Å². The molecule has 0 aromatic heterocycles. The Labute approximate surface area is 79.4 Å². The first kappa shape index (κ1) is 10.3. The Bertz CT molecular complexity index is 191. The molecule has 13 heavy (non-hydrogen) atoms. The molecular weight excluding hydrogens is 164 g/mol. The maximum Gasteiger partial charge on any atom is 0.223 e. The van der Waals surface area contributed by atoms with Crippen molar-refractivity contribution in [2.45, 2.75) is 32.2 Å². The highest BCUT2D eigenvalue weighted by Crippen LogP contribution is 2.17. The Morgan fingerprint density at radius 1 is 1.62 bits per heavy atom. The molecule has 1 rings (SSSR count). The molecule has 0 radical (unpaired) electrons. The molecule has 1 aliphatic rings. The minimum Gasteiger partial charge on any atom is -0.356 e. The molecular formula is C10H18N2O. The molecule has 0 aromatic carbocycles. The van der Waals surface area contributed by atoms with Crippen LogP contribution >= 0.6 is 0 Å². The van der Waals surface area contributed by atoms with Crippen molar-refractivity contribution >= 4 is 5.91 Å². The van der Waals surface area contributed by atoms with E-state index < -0.39 is 0 Å². The van der Waals surface area contributed by atoms with E-state index in [-0.39, 0.29) is 17.9 Å². The fourth-order valence-corrected chi connectivity index (χ4v) is 1.40. The van der Waals surface area contributed by atoms with Gasteiger partial charge < -0.3 is 11.1 Å². The maximum atomic E-state index is 11.4. The molecule has 74 valence electrons. The van der Waals surface area contributed by atoms with Crippen molar-refractivity contribution in [2.75, 3.05) is 6.54 Å². The van der Waals surface area contributed by atoms with Gasteiger partial charge in [-0.2, -0.15) is 0 Å². The van der Waals surface area contributed by atoms with Crippen molar-refractivity contribution < 1.29 is 4.79 Å². The molecule has 1 aliphatic carbocycles. The Morgan fingerprint density at radius 2 is 2.23 bits per heavy atom. The van der Waals surface area contributed by atoms with Gasteiger partial charge in [0.1, 0.15) is 0 Å². The lowest BCUT2D eigenvalue weighted by Crippen LogP contribution is -2.32. The summed E-state index contributed by atoms with van der Waals surface area (Å²) in [7, 11) is 0. The summed E-state index contributed by atoms with van der Waals surface area (Å²) in [6.07, 6.45) is 6.77. The number of amides is 1. The van der Waals surface area contributed by atoms with Crippen LogP contribution in [0.3, 0.4) is 0 Å². The van der Waals surface area contributed by atoms with Crippen molar-refractivity contribution in [3.63, 3.8) is 0 Å². The van der Waals surface area contributed by atoms with Crippen molar-refractivity contribution in [1.29, 1.82) is 0 Å². The van der Waals surface area contributed by atoms with Crippen molar-refractivity contribution in [3.8, 4) is 0 Å². The first-order valence-electron chi connectivity index (χ1n) is 4.88. The highest BCUT2D eigenvalue weighted by Gasteiger charge is 2.18. The molecule has 0 saturated carbocycles. The molecule has 0 saturated heterocycles. The van der Waals surface area contributed by atoms with Gasteiger partial charge in [-0.15, -0.1) is 0 Å². The molecule has 0 spiro atoms. The van der Waals surface area contributed by atoms with Gasteiger partial charge in [-0.3, -0.25) is 4.79 Å². The van der Waals surface area contributed by atoms with Gasteiger partial charge >= 0.3 is 0 Å². The number of nitrogens with two attached hydrogens (primary N) is 1. The van der Waals surface area contributed by atoms with Crippen molar-refractivity contribution in [2.24, 2.45) is 11.7 Å². The summed E-state index contributed by atoms with van der Waals surface area (Å²) >= 11 is 0. The standard InChI is InChI=1S/C10H18N2O/c1-8(11)6-7-12-10(13)9-4-2-3-5-9/h2-3,8-9H,4-7,11H2,1H3,(H,12,13). The van der Waals surface area contributed by atoms with E-state index in [0.29, 0.717) is 6.54 Å². The Balaban J connectivity index is 2.11. The summed E-state index contributed by atoms with van der Waals surface area (Å²) in [6, 6.07) is 0.169. The van der Waals surface area contributed by atoms with Gasteiger partial charge in [0.25, 0.3) is 0 Å². The second-order valence-corrected chi connectivity index (χ2v) is 3.70. The molecule has 1 unspecified atom stereocenters. The first-order valence-corrected chi connectivity index (χ1v) is 4.88. The largest absolute Gasteiger partial charge is 0.356 e. The first-order chi connectivity index (χ1) is 6.20. The van der Waals surface area contributed by atoms with Crippen LogP contribution in [0.5, 0.6) is 0 Å². The van der Waals surface area contributed by atoms with E-state index in [1.54, 1.807) is 0 Å². The van der Waals surface area contributed by atoms with Crippen LogP contribution in [-0.4, -0.2) is 18.5 Å². The van der Waals surface area contributed by atoms with Gasteiger partial charge in [-0.1, -0.05) is 12.2 Å². The molecule has 0 bridgehead atoms. The lowest BCUT2D eigenvalue weighted by molar-refractivity contribution is -0.124. The highest BCUT2D eigenvalue weighted by atomic mass is 16.1. The quantitative estimate of drug-likeness (QED) is 0.632. The fourth-order valence-electron chi connectivity index (χ4n) is 1.40. The van der Waals surface area contributed by atoms with E-state index in [1.165, 1.54) is 0 Å². The van der Waals surface area contributed by atoms with E-state index in [1.807, 2.05) is 6.92 Å². The van der Waals surface area contributed by atoms with E-state index in [9.17, 15) is 4.79 Å². The summed E-state index contributed by atoms with van der Waals surface area (Å²) in [6.45, 7) is 2.65. The van der Waals surface area contributed by atoms with E-state index in [4.69, 9.17) is 5.73 Å². The minimum absolute atomic E-state index is 0.169. The zero-order chi connectivity index (χ0) is 9.68. The summed E-state index contributed by atoms with van der Waals surface area (Å²) in [4.78, 5) is 11.4. The predicted octanol–water partition coefficient (Wildman–Crippen LogP) is 0.806. The topological polar surface area (TPSA) is 55.1 Å². The maximum absolute atomic E-state index is 11.4. The lowest BCUT2D eigenvalue weighted by Gasteiger charge is -2.11. The highest BCUT2D eigenvalue weighted by molar-refractivity contribution is 5.79. The van der Waals surface area contributed by atoms with Crippen LogP contribution < -0.4 is 11.1 Å². The van der Waals surface area contributed by atoms with E-state index in [2.05, 4.69) is 17.5 Å². The smallest absolute Gasteiger partial charge is 0.223 e. The average Bonchev–Trinajstić information content (AvgIpc) is 2.55. The third-order valence-electron chi connectivity index (χ3n) is 2.28. The minimum atomic E-state index is 0.169. The van der Waals surface area contributed by atoms with Crippen LogP contribution in [0.25, 0.3) is 0 Å². The Hall–Kier alpha value is -0.830. The Morgan fingerprint density at radius 3 is 2.77 bits per heavy atom. The molecule has 0 fully saturated rings. The monoisotopic (exact) mass is 182 g/mol. The normalized spacial score (nSPS) is 18.9. The molecule has 0 heterocycles. The van der Waals surface area contributed by atoms with Gasteiger partial charge in [0, 0.05) is 18.5 Å². The van der Waals surface area contributed by atoms with Gasteiger partial charge in [0.15, 0.2) is 0 Å². The number of rotatable bonds is 4. The van der Waals surface area contributed by atoms with E-state index in [0.717, 1.165) is 19.3 Å². The molecule has 1 amide bonds. The summed E-state index contributed by atoms with van der Waals surface area (Å²) in [5.74, 6) is 0.346. The average molecular weight is 182 g/mol. The second-order valence-electron chi connectivity index (χ2n) is 3.70. The number of nitrogens with one attached hydrogen (secondary N) is 1. The van der Waals surface area contributed by atoms with Crippen LogP contribution in [0, 0.1) is 5.92 Å². The number of hydrogen-bond donors (Lipinski definition) is 2. The third kappa shape index (κ3) is 3.59. The number of carbonyl (C=O) groups is 1. The molecule has 3 N–H and O–H groups in total. The van der Waals surface area contributed by atoms with Gasteiger partial charge in [0.05, 0.1) is 0 Å². The second kappa shape index (κ2) is 5.02.